The van der Waals surface area contributed by atoms with Crippen molar-refractivity contribution in [2.45, 2.75) is 12.2 Å². The predicted molar refractivity (Wildman–Crippen MR) is 64.8 cm³/mol. The monoisotopic (exact) mass is 304 g/mol. The molecule has 0 heterocycles. The number of alkyl halides is 1. The zero-order valence-corrected chi connectivity index (χ0v) is 10.7. The number of hydrogen-bond acceptors (Lipinski definition) is 5. The highest BCUT2D eigenvalue weighted by molar-refractivity contribution is 9.09. The molecule has 1 aromatic carbocycles. The van der Waals surface area contributed by atoms with Gasteiger partial charge in [0.25, 0.3) is 0 Å². The van der Waals surface area contributed by atoms with Crippen LogP contribution in [-0.2, 0) is 0 Å². The molecule has 0 amide bonds. The molecule has 0 fully saturated rings. The maximum atomic E-state index is 10.8. The lowest BCUT2D eigenvalue weighted by Gasteiger charge is -2.19. The van der Waals surface area contributed by atoms with Crippen LogP contribution in [0.15, 0.2) is 12.1 Å². The van der Waals surface area contributed by atoms with Gasteiger partial charge in [-0.1, -0.05) is 15.9 Å². The molecule has 5 nitrogen and oxygen atoms in total. The lowest BCUT2D eigenvalue weighted by atomic mass is 9.98. The summed E-state index contributed by atoms with van der Waals surface area (Å²) in [5, 5.41) is 29.3. The molecule has 1 rings (SSSR count). The molecule has 0 bridgehead atoms. The van der Waals surface area contributed by atoms with Gasteiger partial charge in [-0.3, -0.25) is 4.79 Å². The van der Waals surface area contributed by atoms with Gasteiger partial charge in [0.1, 0.15) is 6.10 Å². The Morgan fingerprint density at radius 1 is 1.47 bits per heavy atom. The molecule has 0 radical (unpaired) electrons. The topological polar surface area (TPSA) is 87.0 Å². The van der Waals surface area contributed by atoms with Crippen molar-refractivity contribution >= 4 is 22.2 Å². The predicted octanol–water partition coefficient (Wildman–Crippen LogP) is 1.00. The van der Waals surface area contributed by atoms with Crippen molar-refractivity contribution < 1.29 is 24.9 Å². The first-order valence-corrected chi connectivity index (χ1v) is 5.96. The van der Waals surface area contributed by atoms with E-state index in [0.29, 0.717) is 6.29 Å². The molecule has 0 saturated carbocycles. The molecule has 6 heteroatoms. The molecule has 0 aliphatic heterocycles. The molecule has 0 aliphatic carbocycles. The second-order valence-corrected chi connectivity index (χ2v) is 4.05. The summed E-state index contributed by atoms with van der Waals surface area (Å²) >= 11 is 3.01. The third kappa shape index (κ3) is 2.77. The van der Waals surface area contributed by atoms with Crippen LogP contribution in [0.2, 0.25) is 0 Å². The molecule has 1 aromatic rings. The van der Waals surface area contributed by atoms with E-state index in [1.54, 1.807) is 0 Å². The Morgan fingerprint density at radius 2 is 2.12 bits per heavy atom. The standard InChI is InChI=1S/C11H13BrO5/c1-17-8-3-2-6(5-13)9(11(8)16)10(15)7(14)4-12/h2-3,5,7,10,14-16H,4H2,1H3. The van der Waals surface area contributed by atoms with E-state index in [4.69, 9.17) is 4.74 Å². The second-order valence-electron chi connectivity index (χ2n) is 3.40. The van der Waals surface area contributed by atoms with Crippen LogP contribution in [0.25, 0.3) is 0 Å². The van der Waals surface area contributed by atoms with E-state index >= 15 is 0 Å². The van der Waals surface area contributed by atoms with Crippen molar-refractivity contribution in [1.82, 2.24) is 0 Å². The van der Waals surface area contributed by atoms with Gasteiger partial charge >= 0.3 is 0 Å². The van der Waals surface area contributed by atoms with Gasteiger partial charge in [0.15, 0.2) is 17.8 Å². The van der Waals surface area contributed by atoms with Gasteiger partial charge in [-0.2, -0.15) is 0 Å². The number of aldehydes is 1. The van der Waals surface area contributed by atoms with E-state index in [0.717, 1.165) is 0 Å². The summed E-state index contributed by atoms with van der Waals surface area (Å²) in [5.41, 5.74) is 0.0714. The third-order valence-electron chi connectivity index (χ3n) is 2.38. The minimum atomic E-state index is -1.37. The van der Waals surface area contributed by atoms with Crippen molar-refractivity contribution in [1.29, 1.82) is 0 Å². The van der Waals surface area contributed by atoms with Crippen LogP contribution < -0.4 is 4.74 Å². The number of benzene rings is 1. The lowest BCUT2D eigenvalue weighted by Crippen LogP contribution is -2.21. The first kappa shape index (κ1) is 14.0. The zero-order valence-electron chi connectivity index (χ0n) is 9.13. The molecule has 3 N–H and O–H groups in total. The second kappa shape index (κ2) is 6.00. The number of aliphatic hydroxyl groups excluding tert-OH is 2. The first-order valence-electron chi connectivity index (χ1n) is 4.83. The van der Waals surface area contributed by atoms with Gasteiger partial charge in [-0.15, -0.1) is 0 Å². The maximum absolute atomic E-state index is 10.8. The molecule has 17 heavy (non-hydrogen) atoms. The number of carbonyl (C=O) groups is 1. The van der Waals surface area contributed by atoms with Crippen molar-refractivity contribution in [3.63, 3.8) is 0 Å². The number of carbonyl (C=O) groups excluding carboxylic acids is 1. The molecular weight excluding hydrogens is 292 g/mol. The van der Waals surface area contributed by atoms with Gasteiger partial charge in [-0.25, -0.2) is 0 Å². The minimum absolute atomic E-state index is 0.0358. The Morgan fingerprint density at radius 3 is 2.59 bits per heavy atom. The molecule has 0 aromatic heterocycles. The Bertz CT molecular complexity index is 407. The number of phenols is 1. The summed E-state index contributed by atoms with van der Waals surface area (Å²) in [6, 6.07) is 2.82. The summed E-state index contributed by atoms with van der Waals surface area (Å²) < 4.78 is 4.88. The normalized spacial score (nSPS) is 14.1. The van der Waals surface area contributed by atoms with Crippen LogP contribution in [0.1, 0.15) is 22.0 Å². The number of hydrogen-bond donors (Lipinski definition) is 3. The quantitative estimate of drug-likeness (QED) is 0.558. The van der Waals surface area contributed by atoms with Crippen LogP contribution >= 0.6 is 15.9 Å². The Hall–Kier alpha value is -1.11. The van der Waals surface area contributed by atoms with Crippen molar-refractivity contribution in [2.75, 3.05) is 12.4 Å². The van der Waals surface area contributed by atoms with Gasteiger partial charge in [0.2, 0.25) is 0 Å². The molecule has 0 spiro atoms. The lowest BCUT2D eigenvalue weighted by molar-refractivity contribution is 0.0321. The molecule has 0 aliphatic rings. The molecule has 2 unspecified atom stereocenters. The Kier molecular flexibility index (Phi) is 4.92. The molecule has 0 saturated heterocycles. The fourth-order valence-corrected chi connectivity index (χ4v) is 1.81. The van der Waals surface area contributed by atoms with E-state index < -0.39 is 12.2 Å². The SMILES string of the molecule is COc1ccc(C=O)c(C(O)C(O)CBr)c1O. The smallest absolute Gasteiger partial charge is 0.164 e. The third-order valence-corrected chi connectivity index (χ3v) is 3.04. The first-order chi connectivity index (χ1) is 8.06. The highest BCUT2D eigenvalue weighted by atomic mass is 79.9. The van der Waals surface area contributed by atoms with Crippen molar-refractivity contribution in [2.24, 2.45) is 0 Å². The largest absolute Gasteiger partial charge is 0.504 e. The Balaban J connectivity index is 3.32. The molecule has 94 valence electrons. The van der Waals surface area contributed by atoms with E-state index in [-0.39, 0.29) is 28.0 Å². The van der Waals surface area contributed by atoms with Crippen LogP contribution in [0.4, 0.5) is 0 Å². The molecular formula is C11H13BrO5. The minimum Gasteiger partial charge on any atom is -0.504 e. The van der Waals surface area contributed by atoms with E-state index in [9.17, 15) is 20.1 Å². The number of ether oxygens (including phenoxy) is 1. The average Bonchev–Trinajstić information content (AvgIpc) is 2.36. The number of methoxy groups -OCH3 is 1. The summed E-state index contributed by atoms with van der Waals surface area (Å²) in [5.74, 6) is -0.212. The number of phenolic OH excluding ortho intramolecular Hbond substituents is 1. The van der Waals surface area contributed by atoms with Crippen LogP contribution in [0.5, 0.6) is 11.5 Å². The van der Waals surface area contributed by atoms with E-state index in [1.165, 1.54) is 19.2 Å². The van der Waals surface area contributed by atoms with Crippen molar-refractivity contribution in [3.05, 3.63) is 23.3 Å². The highest BCUT2D eigenvalue weighted by Crippen LogP contribution is 2.37. The number of halogens is 1. The number of aromatic hydroxyl groups is 1. The van der Waals surface area contributed by atoms with Crippen LogP contribution in [-0.4, -0.2) is 40.1 Å². The van der Waals surface area contributed by atoms with Crippen LogP contribution in [0.3, 0.4) is 0 Å². The molecule has 2 atom stereocenters. The fraction of sp³-hybridized carbons (Fsp3) is 0.364. The van der Waals surface area contributed by atoms with Crippen molar-refractivity contribution in [3.8, 4) is 11.5 Å². The summed E-state index contributed by atoms with van der Waals surface area (Å²) in [6.45, 7) is 0. The van der Waals surface area contributed by atoms with E-state index in [1.807, 2.05) is 0 Å². The van der Waals surface area contributed by atoms with Gasteiger partial charge < -0.3 is 20.1 Å². The summed E-state index contributed by atoms with van der Waals surface area (Å²) in [6.07, 6.45) is -2.00. The zero-order chi connectivity index (χ0) is 13.0. The van der Waals surface area contributed by atoms with E-state index in [2.05, 4.69) is 15.9 Å². The maximum Gasteiger partial charge on any atom is 0.164 e. The number of aliphatic hydroxyl groups is 2. The highest BCUT2D eigenvalue weighted by Gasteiger charge is 2.25. The fourth-order valence-electron chi connectivity index (χ4n) is 1.46. The average molecular weight is 305 g/mol. The Labute approximate surface area is 107 Å². The van der Waals surface area contributed by atoms with Gasteiger partial charge in [0, 0.05) is 16.5 Å². The number of rotatable bonds is 5. The van der Waals surface area contributed by atoms with Crippen LogP contribution in [0, 0.1) is 0 Å². The summed E-state index contributed by atoms with van der Waals surface area (Å²) in [7, 11) is 1.35. The van der Waals surface area contributed by atoms with Gasteiger partial charge in [-0.05, 0) is 12.1 Å². The van der Waals surface area contributed by atoms with Gasteiger partial charge in [0.05, 0.1) is 13.2 Å². The summed E-state index contributed by atoms with van der Waals surface area (Å²) in [4.78, 5) is 10.8.